The number of alkyl halides is 3. The van der Waals surface area contributed by atoms with Gasteiger partial charge in [-0.2, -0.15) is 13.2 Å². The predicted molar refractivity (Wildman–Crippen MR) is 145 cm³/mol. The number of aryl methyl sites for hydroxylation is 2. The first-order valence-corrected chi connectivity index (χ1v) is 12.6. The van der Waals surface area contributed by atoms with Gasteiger partial charge in [-0.05, 0) is 75.1 Å². The Kier molecular flexibility index (Phi) is 9.22. The summed E-state index contributed by atoms with van der Waals surface area (Å²) >= 11 is 0. The third-order valence-corrected chi connectivity index (χ3v) is 6.44. The van der Waals surface area contributed by atoms with Gasteiger partial charge in [0.15, 0.2) is 5.82 Å². The number of halogens is 5. The van der Waals surface area contributed by atoms with E-state index in [0.717, 1.165) is 12.1 Å². The first-order chi connectivity index (χ1) is 18.6. The fourth-order valence-electron chi connectivity index (χ4n) is 4.72. The highest BCUT2D eigenvalue weighted by atomic mass is 19.4. The number of pyridine rings is 1. The van der Waals surface area contributed by atoms with E-state index in [-0.39, 0.29) is 28.6 Å². The number of nitrogens with one attached hydrogen (secondary N) is 2. The van der Waals surface area contributed by atoms with Gasteiger partial charge in [-0.1, -0.05) is 19.9 Å². The minimum Gasteiger partial charge on any atom is -0.494 e. The quantitative estimate of drug-likeness (QED) is 0.217. The molecule has 0 saturated heterocycles. The molecular formula is C30H32F5N3O2. The monoisotopic (exact) mass is 561 g/mol. The summed E-state index contributed by atoms with van der Waals surface area (Å²) in [4.78, 5) is 17.7. The van der Waals surface area contributed by atoms with E-state index in [1.807, 2.05) is 0 Å². The number of hydrogen-bond donors (Lipinski definition) is 2. The molecule has 0 saturated carbocycles. The van der Waals surface area contributed by atoms with Crippen molar-refractivity contribution in [1.29, 1.82) is 0 Å². The third-order valence-electron chi connectivity index (χ3n) is 6.44. The molecule has 0 aliphatic rings. The zero-order valence-electron chi connectivity index (χ0n) is 23.3. The second-order valence-corrected chi connectivity index (χ2v) is 9.91. The largest absolute Gasteiger partial charge is 0.494 e. The van der Waals surface area contributed by atoms with E-state index in [1.165, 1.54) is 37.4 Å². The highest BCUT2D eigenvalue weighted by Gasteiger charge is 2.31. The van der Waals surface area contributed by atoms with Crippen LogP contribution in [-0.4, -0.2) is 18.0 Å². The number of ether oxygens (including phenoxy) is 1. The summed E-state index contributed by atoms with van der Waals surface area (Å²) < 4.78 is 73.8. The Morgan fingerprint density at radius 2 is 1.62 bits per heavy atom. The van der Waals surface area contributed by atoms with Crippen LogP contribution in [0.25, 0.3) is 11.3 Å². The van der Waals surface area contributed by atoms with Crippen molar-refractivity contribution >= 4 is 11.6 Å². The first-order valence-electron chi connectivity index (χ1n) is 12.6. The number of hydrogen-bond acceptors (Lipinski definition) is 4. The molecule has 3 aromatic rings. The highest BCUT2D eigenvalue weighted by Crippen LogP contribution is 2.36. The van der Waals surface area contributed by atoms with Crippen molar-refractivity contribution in [3.8, 4) is 17.0 Å². The van der Waals surface area contributed by atoms with Gasteiger partial charge >= 0.3 is 6.18 Å². The average Bonchev–Trinajstić information content (AvgIpc) is 2.83. The number of carbonyl (C=O) groups excluding carboxylic acids is 1. The van der Waals surface area contributed by atoms with Crippen LogP contribution in [-0.2, 0) is 11.0 Å². The van der Waals surface area contributed by atoms with Crippen LogP contribution >= 0.6 is 0 Å². The maximum Gasteiger partial charge on any atom is 0.416 e. The van der Waals surface area contributed by atoms with Crippen LogP contribution in [0, 0.1) is 31.4 Å². The van der Waals surface area contributed by atoms with Crippen molar-refractivity contribution < 1.29 is 31.5 Å². The number of methoxy groups -OCH3 is 1. The fraction of sp³-hybridized carbons (Fsp3) is 0.333. The van der Waals surface area contributed by atoms with Gasteiger partial charge in [0.05, 0.1) is 24.4 Å². The lowest BCUT2D eigenvalue weighted by molar-refractivity contribution is -0.137. The summed E-state index contributed by atoms with van der Waals surface area (Å²) in [6.07, 6.45) is -4.55. The van der Waals surface area contributed by atoms with Crippen LogP contribution in [0.3, 0.4) is 0 Å². The maximum absolute atomic E-state index is 15.2. The first kappa shape index (κ1) is 30.6. The minimum atomic E-state index is -4.55. The van der Waals surface area contributed by atoms with Gasteiger partial charge in [-0.3, -0.25) is 4.79 Å². The molecule has 0 bridgehead atoms. The Bertz CT molecular complexity index is 1420. The molecule has 0 aliphatic heterocycles. The zero-order valence-corrected chi connectivity index (χ0v) is 23.3. The highest BCUT2D eigenvalue weighted by molar-refractivity contribution is 6.04. The van der Waals surface area contributed by atoms with Crippen LogP contribution in [0.2, 0.25) is 0 Å². The number of allylic oxidation sites excluding steroid dienone is 1. The second-order valence-electron chi connectivity index (χ2n) is 9.91. The van der Waals surface area contributed by atoms with Crippen molar-refractivity contribution in [2.24, 2.45) is 5.92 Å². The van der Waals surface area contributed by atoms with Crippen LogP contribution in [0.4, 0.5) is 27.6 Å². The van der Waals surface area contributed by atoms with Crippen molar-refractivity contribution in [3.63, 3.8) is 0 Å². The number of anilines is 1. The van der Waals surface area contributed by atoms with Gasteiger partial charge in [0.25, 0.3) is 5.91 Å². The molecule has 0 fully saturated rings. The van der Waals surface area contributed by atoms with Crippen LogP contribution in [0.1, 0.15) is 56.1 Å². The summed E-state index contributed by atoms with van der Waals surface area (Å²) in [6, 6.07) is 7.57. The molecular weight excluding hydrogens is 529 g/mol. The third kappa shape index (κ3) is 6.78. The zero-order chi connectivity index (χ0) is 29.9. The van der Waals surface area contributed by atoms with Crippen LogP contribution < -0.4 is 15.4 Å². The van der Waals surface area contributed by atoms with Gasteiger partial charge in [0.1, 0.15) is 17.3 Å². The number of aromatic nitrogens is 1. The summed E-state index contributed by atoms with van der Waals surface area (Å²) in [7, 11) is 1.39. The molecule has 1 unspecified atom stereocenters. The molecule has 0 spiro atoms. The SMILES string of the molecule is COc1cc(F)c(C(C)N/C(C)=C(/C(=O)Nc2cccc(C(F)(F)F)c2)C(C)C)nc1-c1c(C)cc(F)cc1C. The van der Waals surface area contributed by atoms with Gasteiger partial charge in [0, 0.05) is 28.6 Å². The van der Waals surface area contributed by atoms with E-state index in [1.54, 1.807) is 41.5 Å². The summed E-state index contributed by atoms with van der Waals surface area (Å²) in [5, 5.41) is 5.64. The molecule has 10 heteroatoms. The molecule has 40 heavy (non-hydrogen) atoms. The Labute approximate surface area is 230 Å². The molecule has 5 nitrogen and oxygen atoms in total. The van der Waals surface area contributed by atoms with Gasteiger partial charge in [-0.25, -0.2) is 13.8 Å². The number of nitrogens with zero attached hydrogens (tertiary/aromatic N) is 1. The van der Waals surface area contributed by atoms with Gasteiger partial charge in [0.2, 0.25) is 0 Å². The van der Waals surface area contributed by atoms with Crippen molar-refractivity contribution in [1.82, 2.24) is 10.3 Å². The lowest BCUT2D eigenvalue weighted by Gasteiger charge is -2.22. The lowest BCUT2D eigenvalue weighted by atomic mass is 9.97. The van der Waals surface area contributed by atoms with Crippen molar-refractivity contribution in [2.75, 3.05) is 12.4 Å². The number of amides is 1. The Balaban J connectivity index is 1.97. The Hall–Kier alpha value is -3.95. The van der Waals surface area contributed by atoms with Crippen molar-refractivity contribution in [3.05, 3.63) is 87.8 Å². The molecule has 1 heterocycles. The molecule has 2 N–H and O–H groups in total. The molecule has 2 aromatic carbocycles. The molecule has 0 aliphatic carbocycles. The molecule has 3 rings (SSSR count). The number of carbonyl (C=O) groups is 1. The summed E-state index contributed by atoms with van der Waals surface area (Å²) in [5.74, 6) is -1.78. The Morgan fingerprint density at radius 3 is 2.17 bits per heavy atom. The van der Waals surface area contributed by atoms with Gasteiger partial charge < -0.3 is 15.4 Å². The van der Waals surface area contributed by atoms with E-state index < -0.39 is 35.3 Å². The normalized spacial score (nSPS) is 13.1. The van der Waals surface area contributed by atoms with E-state index in [9.17, 15) is 22.4 Å². The fourth-order valence-corrected chi connectivity index (χ4v) is 4.72. The van der Waals surface area contributed by atoms with E-state index in [2.05, 4.69) is 15.6 Å². The van der Waals surface area contributed by atoms with E-state index in [0.29, 0.717) is 28.1 Å². The maximum atomic E-state index is 15.2. The Morgan fingerprint density at radius 1 is 1.00 bits per heavy atom. The second kappa shape index (κ2) is 12.1. The molecule has 1 amide bonds. The number of benzene rings is 2. The molecule has 1 aromatic heterocycles. The summed E-state index contributed by atoms with van der Waals surface area (Å²) in [5.41, 5.74) is 2.00. The van der Waals surface area contributed by atoms with E-state index in [4.69, 9.17) is 4.74 Å². The lowest BCUT2D eigenvalue weighted by Crippen LogP contribution is -2.26. The molecule has 0 radical (unpaired) electrons. The minimum absolute atomic E-state index is 0.00336. The van der Waals surface area contributed by atoms with Crippen LogP contribution in [0.15, 0.2) is 53.7 Å². The van der Waals surface area contributed by atoms with Crippen molar-refractivity contribution in [2.45, 2.75) is 53.8 Å². The standard InChI is InChI=1S/C30H32F5N3O2/c1-15(2)25(29(39)37-22-10-8-9-20(13-22)30(33,34)35)18(5)36-19(6)27-23(32)14-24(40-7)28(38-27)26-16(3)11-21(31)12-17(26)4/h8-15,19,36H,1-7H3,(H,37,39)/b25-18+. The predicted octanol–water partition coefficient (Wildman–Crippen LogP) is 7.89. The van der Waals surface area contributed by atoms with E-state index >= 15 is 4.39 Å². The topological polar surface area (TPSA) is 63.2 Å². The smallest absolute Gasteiger partial charge is 0.416 e. The van der Waals surface area contributed by atoms with Crippen LogP contribution in [0.5, 0.6) is 5.75 Å². The molecule has 214 valence electrons. The average molecular weight is 562 g/mol. The number of rotatable bonds is 8. The van der Waals surface area contributed by atoms with Gasteiger partial charge in [-0.15, -0.1) is 0 Å². The molecule has 1 atom stereocenters. The summed E-state index contributed by atoms with van der Waals surface area (Å²) in [6.45, 7) is 10.3.